The van der Waals surface area contributed by atoms with Crippen molar-refractivity contribution in [1.29, 1.82) is 0 Å². The maximum absolute atomic E-state index is 12.8. The predicted octanol–water partition coefficient (Wildman–Crippen LogP) is 16.6. The Bertz CT molecular complexity index is 3300. The molecule has 10 nitrogen and oxygen atoms in total. The van der Waals surface area contributed by atoms with Gasteiger partial charge in [-0.15, -0.1) is 0 Å². The number of benzene rings is 7. The van der Waals surface area contributed by atoms with Crippen LogP contribution in [0.3, 0.4) is 0 Å². The average molecular weight is 1160 g/mol. The van der Waals surface area contributed by atoms with Crippen LogP contribution in [0.2, 0.25) is 0 Å². The molecule has 3 N–H and O–H groups in total. The van der Waals surface area contributed by atoms with Gasteiger partial charge in [-0.1, -0.05) is 191 Å². The van der Waals surface area contributed by atoms with Gasteiger partial charge in [0.25, 0.3) is 5.97 Å². The molecule has 7 aromatic rings. The molecule has 83 heavy (non-hydrogen) atoms. The maximum Gasteiger partial charge on any atom is 0.300 e. The number of hydrogen-bond acceptors (Lipinski definition) is 9. The zero-order valence-electron chi connectivity index (χ0n) is 50.7. The fourth-order valence-electron chi connectivity index (χ4n) is 10.4. The predicted molar refractivity (Wildman–Crippen MR) is 334 cm³/mol. The van der Waals surface area contributed by atoms with E-state index >= 15 is 0 Å². The molecule has 0 saturated carbocycles. The second-order valence-corrected chi connectivity index (χ2v) is 23.3. The summed E-state index contributed by atoms with van der Waals surface area (Å²) in [6, 6.07) is 44.7. The van der Waals surface area contributed by atoms with Gasteiger partial charge < -0.3 is 34.3 Å². The zero-order valence-corrected chi connectivity index (χ0v) is 51.8. The van der Waals surface area contributed by atoms with E-state index in [1.165, 1.54) is 0 Å². The number of rotatable bonds is 19. The smallest absolute Gasteiger partial charge is 0.300 e. The van der Waals surface area contributed by atoms with Crippen LogP contribution in [0.1, 0.15) is 192 Å². The van der Waals surface area contributed by atoms with Crippen LogP contribution in [0.5, 0.6) is 34.5 Å². The second kappa shape index (κ2) is 30.3. The molecule has 8 bridgehead atoms. The number of carboxylic acid groups (broad SMARTS) is 1. The van der Waals surface area contributed by atoms with Gasteiger partial charge in [0, 0.05) is 89.9 Å². The van der Waals surface area contributed by atoms with Crippen LogP contribution in [-0.2, 0) is 58.4 Å². The molecule has 1 aliphatic carbocycles. The molecule has 7 aromatic carbocycles. The quantitative estimate of drug-likeness (QED) is 0.0537. The van der Waals surface area contributed by atoms with Crippen molar-refractivity contribution in [2.45, 2.75) is 150 Å². The van der Waals surface area contributed by atoms with Gasteiger partial charge in [0.2, 0.25) is 0 Å². The molecule has 0 aliphatic heterocycles. The Labute approximate surface area is 504 Å². The van der Waals surface area contributed by atoms with E-state index in [1.807, 2.05) is 54.9 Å². The molecular formula is C72H86MnN2O8. The summed E-state index contributed by atoms with van der Waals surface area (Å²) in [5.74, 6) is 2.76. The number of phenols is 2. The van der Waals surface area contributed by atoms with Crippen LogP contribution in [0.25, 0.3) is 0 Å². The molecule has 0 fully saturated rings. The van der Waals surface area contributed by atoms with Crippen LogP contribution >= 0.6 is 0 Å². The van der Waals surface area contributed by atoms with Crippen molar-refractivity contribution in [2.24, 2.45) is 9.98 Å². The number of hydrogen-bond donors (Lipinski definition) is 3. The molecule has 8 rings (SSSR count). The summed E-state index contributed by atoms with van der Waals surface area (Å²) < 4.78 is 27.3. The molecule has 0 heterocycles. The van der Waals surface area contributed by atoms with Crippen molar-refractivity contribution in [3.05, 3.63) is 211 Å². The third kappa shape index (κ3) is 16.9. The first kappa shape index (κ1) is 64.8. The Morgan fingerprint density at radius 3 is 1.27 bits per heavy atom. The van der Waals surface area contributed by atoms with E-state index in [4.69, 9.17) is 38.8 Å². The van der Waals surface area contributed by atoms with Gasteiger partial charge in [0.05, 0.1) is 26.4 Å². The Morgan fingerprint density at radius 1 is 0.506 bits per heavy atom. The van der Waals surface area contributed by atoms with E-state index in [9.17, 15) is 10.2 Å². The molecular weight excluding hydrogens is 1080 g/mol. The summed E-state index contributed by atoms with van der Waals surface area (Å²) in [5, 5.41) is 32.2. The van der Waals surface area contributed by atoms with Crippen molar-refractivity contribution < 1.29 is 56.1 Å². The number of carbonyl (C=O) groups is 1. The summed E-state index contributed by atoms with van der Waals surface area (Å²) in [5.41, 5.74) is 12.5. The minimum absolute atomic E-state index is 0. The van der Waals surface area contributed by atoms with Gasteiger partial charge in [-0.3, -0.25) is 14.8 Å². The van der Waals surface area contributed by atoms with Crippen LogP contribution in [-0.4, -0.2) is 60.1 Å². The number of para-hydroxylation sites is 3. The van der Waals surface area contributed by atoms with Gasteiger partial charge in [0.15, 0.2) is 0 Å². The van der Waals surface area contributed by atoms with E-state index in [0.717, 1.165) is 117 Å². The maximum atomic E-state index is 12.8. The first-order valence-electron chi connectivity index (χ1n) is 29.3. The van der Waals surface area contributed by atoms with Gasteiger partial charge in [-0.25, -0.2) is 0 Å². The molecule has 1 radical (unpaired) electrons. The summed E-state index contributed by atoms with van der Waals surface area (Å²) in [6.07, 6.45) is 9.03. The zero-order chi connectivity index (χ0) is 59.0. The number of phenolic OH excluding ortho intramolecular Hbond substituents is 2. The van der Waals surface area contributed by atoms with Crippen LogP contribution in [0.15, 0.2) is 143 Å². The van der Waals surface area contributed by atoms with Gasteiger partial charge in [0.1, 0.15) is 46.6 Å². The third-order valence-corrected chi connectivity index (χ3v) is 14.5. The topological polar surface area (TPSA) is 139 Å². The first-order valence-corrected chi connectivity index (χ1v) is 29.3. The summed E-state index contributed by atoms with van der Waals surface area (Å²) in [6.45, 7) is 24.7. The van der Waals surface area contributed by atoms with E-state index in [0.29, 0.717) is 69.0 Å². The number of ether oxygens (including phenoxy) is 4. The van der Waals surface area contributed by atoms with Crippen LogP contribution in [0, 0.1) is 0 Å². The Morgan fingerprint density at radius 2 is 0.880 bits per heavy atom. The minimum atomic E-state index is -0.833. The van der Waals surface area contributed by atoms with Crippen LogP contribution in [0.4, 0.5) is 0 Å². The molecule has 1 aliphatic rings. The SMILES string of the molecule is CC(=O)O.CCCOc1c2cccc1Cc1cccc(c1OCCC)Cc1c(C=N[C@H](c3ccccc3)[C@H](N=Cc3cc(C(C)(C)C)cc(C(C)(C)C)c3O)c3ccccc3)c(O)cc(c1OCCC)Cc1cccc(c1OCCC)C2.[Mn]. The summed E-state index contributed by atoms with van der Waals surface area (Å²) in [7, 11) is 0. The monoisotopic (exact) mass is 1160 g/mol. The fraction of sp³-hybridized carbons (Fsp3) is 0.375. The number of fused-ring (bicyclic) bond motifs is 8. The molecule has 0 saturated heterocycles. The third-order valence-electron chi connectivity index (χ3n) is 14.5. The van der Waals surface area contributed by atoms with Crippen molar-refractivity contribution in [1.82, 2.24) is 0 Å². The Kier molecular flexibility index (Phi) is 23.7. The Balaban J connectivity index is 0.00000214. The van der Waals surface area contributed by atoms with E-state index < -0.39 is 18.1 Å². The number of nitrogens with zero attached hydrogens (tertiary/aromatic N) is 2. The molecule has 439 valence electrons. The van der Waals surface area contributed by atoms with Crippen LogP contribution < -0.4 is 18.9 Å². The molecule has 2 atom stereocenters. The number of aliphatic carboxylic acids is 1. The number of aliphatic imine (C=N–C) groups is 2. The molecule has 0 amide bonds. The average Bonchev–Trinajstić information content (AvgIpc) is 3.62. The van der Waals surface area contributed by atoms with Crippen molar-refractivity contribution in [3.8, 4) is 34.5 Å². The van der Waals surface area contributed by atoms with Gasteiger partial charge in [-0.05, 0) is 98.7 Å². The number of aromatic hydroxyl groups is 2. The van der Waals surface area contributed by atoms with E-state index in [2.05, 4.69) is 160 Å². The summed E-state index contributed by atoms with van der Waals surface area (Å²) in [4.78, 5) is 20.0. The normalized spacial score (nSPS) is 13.1. The standard InChI is InChI=1S/C70H82N2O6.C2H4O2.Mn/c1-11-34-75-65-49-28-21-29-50(65)39-52-31-23-33-54(67(52)77-36-13-3)42-58-59(61(73)43-55(68(58)78-37-14-4)40-53-32-22-30-51(38-49)66(53)76-35-12-2)46-72-63(48-26-19-16-20-27-48)62(47-24-17-15-18-25-47)71-45-56-41-57(69(5,6)7)44-60(64(56)74)70(8,9)10;1-2(3)4;/h15-33,41,43-46,62-63,73-74H,11-14,34-40,42H2,1-10H3;1H3,(H,3,4);/t62-,63-;;/m1../s1. The van der Waals surface area contributed by atoms with Gasteiger partial charge >= 0.3 is 0 Å². The first-order chi connectivity index (χ1) is 39.4. The summed E-state index contributed by atoms with van der Waals surface area (Å²) >= 11 is 0. The second-order valence-electron chi connectivity index (χ2n) is 23.3. The molecule has 11 heteroatoms. The van der Waals surface area contributed by atoms with Gasteiger partial charge in [-0.2, -0.15) is 0 Å². The van der Waals surface area contributed by atoms with Crippen molar-refractivity contribution >= 4 is 18.4 Å². The molecule has 0 spiro atoms. The van der Waals surface area contributed by atoms with Crippen molar-refractivity contribution in [2.75, 3.05) is 26.4 Å². The number of carboxylic acids is 1. The molecule has 0 aromatic heterocycles. The van der Waals surface area contributed by atoms with Crippen molar-refractivity contribution in [3.63, 3.8) is 0 Å². The molecule has 0 unspecified atom stereocenters. The fourth-order valence-corrected chi connectivity index (χ4v) is 10.4. The van der Waals surface area contributed by atoms with E-state index in [-0.39, 0.29) is 39.4 Å². The van der Waals surface area contributed by atoms with E-state index in [1.54, 1.807) is 0 Å². The Hall–Kier alpha value is -7.33. The minimum Gasteiger partial charge on any atom is -0.507 e. The largest absolute Gasteiger partial charge is 0.507 e.